The van der Waals surface area contributed by atoms with Crippen LogP contribution in [0.3, 0.4) is 0 Å². The summed E-state index contributed by atoms with van der Waals surface area (Å²) in [6.45, 7) is 3.10. The Morgan fingerprint density at radius 2 is 1.54 bits per heavy atom. The lowest BCUT2D eigenvalue weighted by Gasteiger charge is -2.13. The quantitative estimate of drug-likeness (QED) is 0.614. The average Bonchev–Trinajstić information content (AvgIpc) is 2.92. The van der Waals surface area contributed by atoms with Gasteiger partial charge in [-0.2, -0.15) is 0 Å². The number of amides is 3. The van der Waals surface area contributed by atoms with Crippen molar-refractivity contribution in [3.8, 4) is 0 Å². The third-order valence-corrected chi connectivity index (χ3v) is 4.39. The van der Waals surface area contributed by atoms with E-state index in [0.29, 0.717) is 11.6 Å². The van der Waals surface area contributed by atoms with Crippen LogP contribution in [0.1, 0.15) is 46.0 Å². The minimum absolute atomic E-state index is 0.253. The van der Waals surface area contributed by atoms with E-state index >= 15 is 0 Å². The van der Waals surface area contributed by atoms with Gasteiger partial charge < -0.3 is 10.1 Å². The molecule has 0 aliphatic carbocycles. The minimum Gasteiger partial charge on any atom is -0.454 e. The van der Waals surface area contributed by atoms with E-state index in [1.807, 2.05) is 12.1 Å². The lowest BCUT2D eigenvalue weighted by Crippen LogP contribution is -2.36. The van der Waals surface area contributed by atoms with E-state index in [9.17, 15) is 19.2 Å². The number of imide groups is 1. The molecule has 7 heteroatoms. The van der Waals surface area contributed by atoms with Crippen LogP contribution in [0.25, 0.3) is 0 Å². The molecule has 1 heterocycles. The van der Waals surface area contributed by atoms with Crippen LogP contribution >= 0.6 is 0 Å². The third kappa shape index (κ3) is 4.09. The second-order valence-electron chi connectivity index (χ2n) is 6.73. The molecule has 0 aromatic heterocycles. The summed E-state index contributed by atoms with van der Waals surface area (Å²) in [4.78, 5) is 49.2. The molecule has 3 rings (SSSR count). The van der Waals surface area contributed by atoms with E-state index in [-0.39, 0.29) is 11.1 Å². The number of esters is 1. The molecular formula is C21H20N2O5. The second kappa shape index (κ2) is 8.04. The first-order valence-electron chi connectivity index (χ1n) is 8.87. The summed E-state index contributed by atoms with van der Waals surface area (Å²) in [5.74, 6) is -2.06. The van der Waals surface area contributed by atoms with Gasteiger partial charge in [0.15, 0.2) is 6.61 Å². The molecule has 28 heavy (non-hydrogen) atoms. The van der Waals surface area contributed by atoms with Gasteiger partial charge >= 0.3 is 5.97 Å². The maximum absolute atomic E-state index is 12.2. The van der Waals surface area contributed by atoms with Crippen molar-refractivity contribution >= 4 is 29.4 Å². The number of carbonyl (C=O) groups is 4. The van der Waals surface area contributed by atoms with Gasteiger partial charge in [0.05, 0.1) is 11.1 Å². The van der Waals surface area contributed by atoms with E-state index in [1.54, 1.807) is 24.3 Å². The molecule has 0 spiro atoms. The highest BCUT2D eigenvalue weighted by Crippen LogP contribution is 2.22. The van der Waals surface area contributed by atoms with E-state index in [1.165, 1.54) is 12.1 Å². The van der Waals surface area contributed by atoms with Gasteiger partial charge in [-0.15, -0.1) is 0 Å². The van der Waals surface area contributed by atoms with E-state index in [4.69, 9.17) is 4.74 Å². The number of hydrogen-bond donors (Lipinski definition) is 1. The smallest absolute Gasteiger partial charge is 0.326 e. The van der Waals surface area contributed by atoms with E-state index < -0.39 is 36.8 Å². The number of rotatable bonds is 6. The zero-order chi connectivity index (χ0) is 20.3. The fraction of sp³-hybridized carbons (Fsp3) is 0.238. The molecule has 1 aliphatic rings. The van der Waals surface area contributed by atoms with Gasteiger partial charge in [0.1, 0.15) is 6.54 Å². The Bertz CT molecular complexity index is 899. The summed E-state index contributed by atoms with van der Waals surface area (Å²) in [5, 5.41) is 2.63. The molecule has 0 bridgehead atoms. The first-order chi connectivity index (χ1) is 13.4. The Morgan fingerprint density at radius 3 is 2.07 bits per heavy atom. The fourth-order valence-electron chi connectivity index (χ4n) is 2.85. The first kappa shape index (κ1) is 19.3. The van der Waals surface area contributed by atoms with Crippen LogP contribution in [0.2, 0.25) is 0 Å². The molecule has 0 saturated heterocycles. The fourth-order valence-corrected chi connectivity index (χ4v) is 2.85. The van der Waals surface area contributed by atoms with Crippen LogP contribution in [0.5, 0.6) is 0 Å². The molecule has 0 radical (unpaired) electrons. The number of fused-ring (bicyclic) bond motifs is 1. The van der Waals surface area contributed by atoms with Crippen molar-refractivity contribution in [2.24, 2.45) is 0 Å². The highest BCUT2D eigenvalue weighted by molar-refractivity contribution is 6.22. The summed E-state index contributed by atoms with van der Waals surface area (Å²) in [7, 11) is 0. The number of nitrogens with zero attached hydrogens (tertiary/aromatic N) is 1. The number of hydrogen-bond acceptors (Lipinski definition) is 5. The van der Waals surface area contributed by atoms with Crippen LogP contribution in [0.15, 0.2) is 48.5 Å². The molecule has 0 unspecified atom stereocenters. The summed E-state index contributed by atoms with van der Waals surface area (Å²) >= 11 is 0. The zero-order valence-electron chi connectivity index (χ0n) is 15.6. The van der Waals surface area contributed by atoms with Crippen molar-refractivity contribution in [3.05, 3.63) is 65.2 Å². The molecule has 2 aromatic carbocycles. The van der Waals surface area contributed by atoms with E-state index in [0.717, 1.165) is 10.5 Å². The Morgan fingerprint density at radius 1 is 0.964 bits per heavy atom. The van der Waals surface area contributed by atoms with Gasteiger partial charge in [-0.25, -0.2) is 0 Å². The van der Waals surface area contributed by atoms with Gasteiger partial charge in [0.2, 0.25) is 0 Å². The largest absolute Gasteiger partial charge is 0.454 e. The van der Waals surface area contributed by atoms with E-state index in [2.05, 4.69) is 19.2 Å². The Kier molecular flexibility index (Phi) is 5.54. The highest BCUT2D eigenvalue weighted by atomic mass is 16.5. The van der Waals surface area contributed by atoms with Crippen molar-refractivity contribution < 1.29 is 23.9 Å². The normalized spacial score (nSPS) is 12.9. The predicted octanol–water partition coefficient (Wildman–Crippen LogP) is 2.59. The summed E-state index contributed by atoms with van der Waals surface area (Å²) in [5.41, 5.74) is 2.24. The number of nitrogens with one attached hydrogen (secondary N) is 1. The van der Waals surface area contributed by atoms with Crippen LogP contribution in [-0.4, -0.2) is 41.7 Å². The monoisotopic (exact) mass is 380 g/mol. The molecule has 3 amide bonds. The average molecular weight is 380 g/mol. The van der Waals surface area contributed by atoms with Gasteiger partial charge in [-0.3, -0.25) is 24.1 Å². The number of benzene rings is 2. The number of carbonyl (C=O) groups excluding carboxylic acids is 4. The molecular weight excluding hydrogens is 360 g/mol. The molecule has 1 aliphatic heterocycles. The summed E-state index contributed by atoms with van der Waals surface area (Å²) < 4.78 is 4.90. The standard InChI is InChI=1S/C21H20N2O5/c1-13(2)14-7-9-15(10-8-14)22-18(24)12-28-19(25)11-23-20(26)16-5-3-4-6-17(16)21(23)27/h3-10,13H,11-12H2,1-2H3,(H,22,24). The van der Waals surface area contributed by atoms with Gasteiger partial charge in [0, 0.05) is 5.69 Å². The maximum Gasteiger partial charge on any atom is 0.326 e. The first-order valence-corrected chi connectivity index (χ1v) is 8.87. The number of anilines is 1. The second-order valence-corrected chi connectivity index (χ2v) is 6.73. The van der Waals surface area contributed by atoms with Crippen LogP contribution < -0.4 is 5.32 Å². The van der Waals surface area contributed by atoms with Crippen molar-refractivity contribution in [1.82, 2.24) is 4.90 Å². The predicted molar refractivity (Wildman–Crippen MR) is 102 cm³/mol. The van der Waals surface area contributed by atoms with Crippen molar-refractivity contribution in [1.29, 1.82) is 0 Å². The maximum atomic E-state index is 12.2. The third-order valence-electron chi connectivity index (χ3n) is 4.39. The van der Waals surface area contributed by atoms with Crippen molar-refractivity contribution in [2.75, 3.05) is 18.5 Å². The topological polar surface area (TPSA) is 92.8 Å². The molecule has 0 saturated carbocycles. The highest BCUT2D eigenvalue weighted by Gasteiger charge is 2.36. The van der Waals surface area contributed by atoms with Crippen molar-refractivity contribution in [2.45, 2.75) is 19.8 Å². The molecule has 0 fully saturated rings. The molecule has 0 atom stereocenters. The lowest BCUT2D eigenvalue weighted by atomic mass is 10.0. The van der Waals surface area contributed by atoms with Crippen LogP contribution in [0, 0.1) is 0 Å². The van der Waals surface area contributed by atoms with Crippen molar-refractivity contribution in [3.63, 3.8) is 0 Å². The Labute approximate surface area is 162 Å². The van der Waals surface area contributed by atoms with Crippen LogP contribution in [-0.2, 0) is 14.3 Å². The SMILES string of the molecule is CC(C)c1ccc(NC(=O)COC(=O)CN2C(=O)c3ccccc3C2=O)cc1. The molecule has 7 nitrogen and oxygen atoms in total. The lowest BCUT2D eigenvalue weighted by molar-refractivity contribution is -0.147. The Balaban J connectivity index is 1.50. The molecule has 1 N–H and O–H groups in total. The van der Waals surface area contributed by atoms with Gasteiger partial charge in [-0.1, -0.05) is 38.1 Å². The summed E-state index contributed by atoms with van der Waals surface area (Å²) in [6.07, 6.45) is 0. The molecule has 144 valence electrons. The Hall–Kier alpha value is -3.48. The van der Waals surface area contributed by atoms with Crippen LogP contribution in [0.4, 0.5) is 5.69 Å². The van der Waals surface area contributed by atoms with Gasteiger partial charge in [-0.05, 0) is 35.7 Å². The minimum atomic E-state index is -0.834. The molecule has 2 aromatic rings. The summed E-state index contributed by atoms with van der Waals surface area (Å²) in [6, 6.07) is 13.7. The number of ether oxygens (including phenoxy) is 1. The zero-order valence-corrected chi connectivity index (χ0v) is 15.6. The van der Waals surface area contributed by atoms with Gasteiger partial charge in [0.25, 0.3) is 17.7 Å².